The number of hydrogen-bond acceptors (Lipinski definition) is 5. The third-order valence-corrected chi connectivity index (χ3v) is 2.65. The second-order valence-corrected chi connectivity index (χ2v) is 4.35. The lowest BCUT2D eigenvalue weighted by Gasteiger charge is -2.01. The fourth-order valence-corrected chi connectivity index (χ4v) is 1.74. The number of pyridine rings is 1. The molecule has 19 heavy (non-hydrogen) atoms. The number of aryl methyl sites for hydroxylation is 1. The molecule has 0 aromatic carbocycles. The Kier molecular flexibility index (Phi) is 5.00. The third kappa shape index (κ3) is 4.42. The van der Waals surface area contributed by atoms with Gasteiger partial charge in [-0.25, -0.2) is 4.68 Å². The second kappa shape index (κ2) is 6.96. The molecule has 0 aliphatic rings. The van der Waals surface area contributed by atoms with Gasteiger partial charge in [-0.05, 0) is 19.1 Å². The molecule has 0 spiro atoms. The lowest BCUT2D eigenvalue weighted by molar-refractivity contribution is 0.199. The van der Waals surface area contributed by atoms with Crippen molar-refractivity contribution in [2.75, 3.05) is 20.3 Å². The van der Waals surface area contributed by atoms with E-state index in [2.05, 4.69) is 20.6 Å². The fraction of sp³-hybridized carbons (Fsp3) is 0.462. The molecule has 1 N–H and O–H groups in total. The molecule has 0 aliphatic carbocycles. The molecule has 0 saturated heterocycles. The first kappa shape index (κ1) is 13.6. The maximum absolute atomic E-state index is 4.96. The van der Waals surface area contributed by atoms with Crippen molar-refractivity contribution in [1.29, 1.82) is 0 Å². The largest absolute Gasteiger partial charge is 0.383 e. The van der Waals surface area contributed by atoms with Crippen molar-refractivity contribution in [3.8, 4) is 0 Å². The fourth-order valence-electron chi connectivity index (χ4n) is 1.74. The van der Waals surface area contributed by atoms with Crippen molar-refractivity contribution < 1.29 is 4.74 Å². The van der Waals surface area contributed by atoms with Gasteiger partial charge < -0.3 is 10.1 Å². The number of rotatable bonds is 7. The van der Waals surface area contributed by atoms with Crippen LogP contribution in [-0.4, -0.2) is 40.2 Å². The van der Waals surface area contributed by atoms with Gasteiger partial charge in [-0.3, -0.25) is 4.98 Å². The van der Waals surface area contributed by atoms with E-state index in [0.717, 1.165) is 23.6 Å². The zero-order valence-corrected chi connectivity index (χ0v) is 11.3. The van der Waals surface area contributed by atoms with Crippen molar-refractivity contribution in [1.82, 2.24) is 25.3 Å². The quantitative estimate of drug-likeness (QED) is 0.746. The molecule has 0 unspecified atom stereocenters. The van der Waals surface area contributed by atoms with Gasteiger partial charge in [-0.15, -0.1) is 5.10 Å². The SMILES string of the molecule is COCCNCc1cn(Cc2cccc(C)n2)nn1. The van der Waals surface area contributed by atoms with Gasteiger partial charge in [0.1, 0.15) is 0 Å². The maximum atomic E-state index is 4.96. The first-order valence-electron chi connectivity index (χ1n) is 6.29. The Balaban J connectivity index is 1.87. The summed E-state index contributed by atoms with van der Waals surface area (Å²) >= 11 is 0. The normalized spacial score (nSPS) is 10.8. The number of aromatic nitrogens is 4. The van der Waals surface area contributed by atoms with Crippen LogP contribution in [0.3, 0.4) is 0 Å². The summed E-state index contributed by atoms with van der Waals surface area (Å²) in [5.74, 6) is 0. The minimum absolute atomic E-state index is 0.646. The van der Waals surface area contributed by atoms with Crippen LogP contribution in [0.5, 0.6) is 0 Å². The zero-order chi connectivity index (χ0) is 13.5. The van der Waals surface area contributed by atoms with E-state index in [1.165, 1.54) is 0 Å². The summed E-state index contributed by atoms with van der Waals surface area (Å²) < 4.78 is 6.76. The highest BCUT2D eigenvalue weighted by atomic mass is 16.5. The summed E-state index contributed by atoms with van der Waals surface area (Å²) in [4.78, 5) is 4.44. The molecule has 0 bridgehead atoms. The minimum atomic E-state index is 0.646. The molecule has 2 rings (SSSR count). The molecule has 0 aliphatic heterocycles. The summed E-state index contributed by atoms with van der Waals surface area (Å²) in [5, 5.41) is 11.4. The van der Waals surface area contributed by atoms with Gasteiger partial charge in [0.25, 0.3) is 0 Å². The summed E-state index contributed by atoms with van der Waals surface area (Å²) in [5.41, 5.74) is 2.92. The maximum Gasteiger partial charge on any atom is 0.0965 e. The van der Waals surface area contributed by atoms with Gasteiger partial charge in [0.2, 0.25) is 0 Å². The standard InChI is InChI=1S/C13H19N5O/c1-11-4-3-5-12(15-11)9-18-10-13(16-17-18)8-14-6-7-19-2/h3-5,10,14H,6-9H2,1-2H3. The number of methoxy groups -OCH3 is 1. The van der Waals surface area contributed by atoms with Gasteiger partial charge in [0.05, 0.1) is 30.7 Å². The first-order chi connectivity index (χ1) is 9.28. The van der Waals surface area contributed by atoms with E-state index >= 15 is 0 Å². The molecule has 0 radical (unpaired) electrons. The molecular weight excluding hydrogens is 242 g/mol. The summed E-state index contributed by atoms with van der Waals surface area (Å²) in [6.07, 6.45) is 1.93. The Hall–Kier alpha value is -1.79. The van der Waals surface area contributed by atoms with Crippen molar-refractivity contribution in [2.24, 2.45) is 0 Å². The predicted molar refractivity (Wildman–Crippen MR) is 71.7 cm³/mol. The summed E-state index contributed by atoms with van der Waals surface area (Å²) in [6.45, 7) is 4.83. The molecule has 0 atom stereocenters. The smallest absolute Gasteiger partial charge is 0.0965 e. The molecule has 0 fully saturated rings. The predicted octanol–water partition coefficient (Wildman–Crippen LogP) is 0.766. The highest BCUT2D eigenvalue weighted by Gasteiger charge is 2.02. The van der Waals surface area contributed by atoms with E-state index in [9.17, 15) is 0 Å². The van der Waals surface area contributed by atoms with Crippen LogP contribution in [0.15, 0.2) is 24.4 Å². The number of ether oxygens (including phenoxy) is 1. The van der Waals surface area contributed by atoms with E-state index in [4.69, 9.17) is 4.74 Å². The Bertz CT molecular complexity index is 511. The molecule has 0 saturated carbocycles. The van der Waals surface area contributed by atoms with Gasteiger partial charge in [0, 0.05) is 25.9 Å². The molecule has 0 amide bonds. The molecular formula is C13H19N5O. The van der Waals surface area contributed by atoms with E-state index in [1.807, 2.05) is 31.3 Å². The van der Waals surface area contributed by atoms with Gasteiger partial charge in [-0.2, -0.15) is 0 Å². The van der Waals surface area contributed by atoms with E-state index in [-0.39, 0.29) is 0 Å². The summed E-state index contributed by atoms with van der Waals surface area (Å²) in [6, 6.07) is 5.98. The van der Waals surface area contributed by atoms with Gasteiger partial charge >= 0.3 is 0 Å². The Morgan fingerprint density at radius 2 is 2.21 bits per heavy atom. The number of nitrogens with one attached hydrogen (secondary N) is 1. The number of hydrogen-bond donors (Lipinski definition) is 1. The molecule has 2 aromatic rings. The Labute approximate surface area is 112 Å². The molecule has 6 heteroatoms. The van der Waals surface area contributed by atoms with Crippen LogP contribution in [0.25, 0.3) is 0 Å². The van der Waals surface area contributed by atoms with Crippen molar-refractivity contribution in [3.05, 3.63) is 41.5 Å². The monoisotopic (exact) mass is 261 g/mol. The van der Waals surface area contributed by atoms with Crippen LogP contribution in [0.4, 0.5) is 0 Å². The number of nitrogens with zero attached hydrogens (tertiary/aromatic N) is 4. The van der Waals surface area contributed by atoms with Crippen LogP contribution in [0, 0.1) is 6.92 Å². The Morgan fingerprint density at radius 3 is 3.00 bits per heavy atom. The van der Waals surface area contributed by atoms with Crippen molar-refractivity contribution >= 4 is 0 Å². The zero-order valence-electron chi connectivity index (χ0n) is 11.3. The van der Waals surface area contributed by atoms with Gasteiger partial charge in [0.15, 0.2) is 0 Å². The molecule has 6 nitrogen and oxygen atoms in total. The van der Waals surface area contributed by atoms with Crippen molar-refractivity contribution in [3.63, 3.8) is 0 Å². The molecule has 102 valence electrons. The van der Waals surface area contributed by atoms with Gasteiger partial charge in [-0.1, -0.05) is 11.3 Å². The molecule has 2 aromatic heterocycles. The lowest BCUT2D eigenvalue weighted by atomic mass is 10.3. The Morgan fingerprint density at radius 1 is 1.32 bits per heavy atom. The van der Waals surface area contributed by atoms with Crippen LogP contribution in [0.2, 0.25) is 0 Å². The van der Waals surface area contributed by atoms with E-state index < -0.39 is 0 Å². The highest BCUT2D eigenvalue weighted by Crippen LogP contribution is 2.01. The first-order valence-corrected chi connectivity index (χ1v) is 6.29. The van der Waals surface area contributed by atoms with Crippen LogP contribution in [0.1, 0.15) is 17.1 Å². The third-order valence-electron chi connectivity index (χ3n) is 2.65. The summed E-state index contributed by atoms with van der Waals surface area (Å²) in [7, 11) is 1.69. The van der Waals surface area contributed by atoms with Crippen molar-refractivity contribution in [2.45, 2.75) is 20.0 Å². The lowest BCUT2D eigenvalue weighted by Crippen LogP contribution is -2.18. The minimum Gasteiger partial charge on any atom is -0.383 e. The topological polar surface area (TPSA) is 64.9 Å². The van der Waals surface area contributed by atoms with E-state index in [0.29, 0.717) is 19.7 Å². The average molecular weight is 261 g/mol. The second-order valence-electron chi connectivity index (χ2n) is 4.35. The molecule has 2 heterocycles. The average Bonchev–Trinajstić information content (AvgIpc) is 2.82. The van der Waals surface area contributed by atoms with E-state index in [1.54, 1.807) is 11.8 Å². The van der Waals surface area contributed by atoms with Crippen LogP contribution in [-0.2, 0) is 17.8 Å². The van der Waals surface area contributed by atoms with Crippen LogP contribution < -0.4 is 5.32 Å². The van der Waals surface area contributed by atoms with Crippen LogP contribution >= 0.6 is 0 Å². The highest BCUT2D eigenvalue weighted by molar-refractivity contribution is 5.10.